The monoisotopic (exact) mass is 432 g/mol. The van der Waals surface area contributed by atoms with Gasteiger partial charge in [0, 0.05) is 44.5 Å². The number of benzene rings is 2. The molecule has 0 aliphatic carbocycles. The lowest BCUT2D eigenvalue weighted by Gasteiger charge is -2.35. The fraction of sp³-hybridized carbons (Fsp3) is 0.350. The summed E-state index contributed by atoms with van der Waals surface area (Å²) in [6.07, 6.45) is 0.230. The number of para-hydroxylation sites is 2. The Bertz CT molecular complexity index is 989. The number of rotatable bonds is 8. The van der Waals surface area contributed by atoms with Crippen LogP contribution in [0.1, 0.15) is 16.8 Å². The maximum atomic E-state index is 12.6. The van der Waals surface area contributed by atoms with Crippen LogP contribution in [0.25, 0.3) is 0 Å². The van der Waals surface area contributed by atoms with Crippen LogP contribution in [0.15, 0.2) is 54.6 Å². The number of hydrogen-bond donors (Lipinski definition) is 1. The van der Waals surface area contributed by atoms with E-state index in [1.807, 2.05) is 30.3 Å². The number of nitro groups is 1. The molecule has 0 saturated carbocycles. The largest absolute Gasteiger partial charge is 0.369 e. The van der Waals surface area contributed by atoms with E-state index in [1.165, 1.54) is 22.5 Å². The Morgan fingerprint density at radius 2 is 1.63 bits per heavy atom. The number of amides is 1. The van der Waals surface area contributed by atoms with E-state index in [0.717, 1.165) is 5.69 Å². The molecule has 30 heavy (non-hydrogen) atoms. The highest BCUT2D eigenvalue weighted by Crippen LogP contribution is 2.18. The molecular formula is C20H24N4O5S. The minimum atomic E-state index is -3.43. The normalized spacial score (nSPS) is 15.0. The lowest BCUT2D eigenvalue weighted by atomic mass is 10.1. The average molecular weight is 433 g/mol. The molecule has 0 bridgehead atoms. The van der Waals surface area contributed by atoms with Gasteiger partial charge in [-0.05, 0) is 24.6 Å². The summed E-state index contributed by atoms with van der Waals surface area (Å²) in [6.45, 7) is 2.20. The minimum absolute atomic E-state index is 0.0395. The van der Waals surface area contributed by atoms with Gasteiger partial charge < -0.3 is 10.2 Å². The minimum Gasteiger partial charge on any atom is -0.369 e. The molecule has 0 radical (unpaired) electrons. The fourth-order valence-electron chi connectivity index (χ4n) is 3.37. The molecule has 3 rings (SSSR count). The number of piperazine rings is 1. The first kappa shape index (κ1) is 21.7. The molecule has 2 aromatic rings. The summed E-state index contributed by atoms with van der Waals surface area (Å²) in [7, 11) is -3.43. The molecule has 0 unspecified atom stereocenters. The standard InChI is InChI=1S/C20H24N4O5S/c25-20(18-9-4-5-10-19(18)24(26)27)21-11-6-16-30(28,29)23-14-12-22(13-15-23)17-7-2-1-3-8-17/h1-5,7-10H,6,11-16H2,(H,21,25). The van der Waals surface area contributed by atoms with Gasteiger partial charge >= 0.3 is 0 Å². The third kappa shape index (κ3) is 5.33. The van der Waals surface area contributed by atoms with E-state index in [-0.39, 0.29) is 30.0 Å². The van der Waals surface area contributed by atoms with E-state index in [4.69, 9.17) is 0 Å². The Balaban J connectivity index is 1.46. The lowest BCUT2D eigenvalue weighted by molar-refractivity contribution is -0.385. The average Bonchev–Trinajstić information content (AvgIpc) is 2.77. The molecule has 1 aliphatic heterocycles. The zero-order valence-electron chi connectivity index (χ0n) is 16.4. The molecule has 1 fully saturated rings. The number of anilines is 1. The second-order valence-corrected chi connectivity index (χ2v) is 9.01. The summed E-state index contributed by atoms with van der Waals surface area (Å²) in [5.74, 6) is -0.675. The van der Waals surface area contributed by atoms with Crippen LogP contribution in [0.5, 0.6) is 0 Å². The molecule has 1 saturated heterocycles. The Labute approximate surface area is 175 Å². The van der Waals surface area contributed by atoms with Crippen molar-refractivity contribution in [3.05, 3.63) is 70.3 Å². The van der Waals surface area contributed by atoms with E-state index in [1.54, 1.807) is 6.07 Å². The van der Waals surface area contributed by atoms with Crippen LogP contribution in [0.4, 0.5) is 11.4 Å². The van der Waals surface area contributed by atoms with Gasteiger partial charge in [-0.15, -0.1) is 0 Å². The molecule has 10 heteroatoms. The Morgan fingerprint density at radius 3 is 2.30 bits per heavy atom. The second kappa shape index (κ2) is 9.68. The Hall–Kier alpha value is -2.98. The van der Waals surface area contributed by atoms with Crippen LogP contribution >= 0.6 is 0 Å². The van der Waals surface area contributed by atoms with Crippen molar-refractivity contribution < 1.29 is 18.1 Å². The molecule has 1 N–H and O–H groups in total. The van der Waals surface area contributed by atoms with Gasteiger partial charge in [-0.25, -0.2) is 8.42 Å². The van der Waals surface area contributed by atoms with Crippen molar-refractivity contribution in [3.63, 3.8) is 0 Å². The van der Waals surface area contributed by atoms with Crippen molar-refractivity contribution in [2.45, 2.75) is 6.42 Å². The smallest absolute Gasteiger partial charge is 0.282 e. The van der Waals surface area contributed by atoms with E-state index in [9.17, 15) is 23.3 Å². The van der Waals surface area contributed by atoms with Gasteiger partial charge in [-0.3, -0.25) is 14.9 Å². The first-order valence-corrected chi connectivity index (χ1v) is 11.3. The molecular weight excluding hydrogens is 408 g/mol. The van der Waals surface area contributed by atoms with Crippen molar-refractivity contribution >= 4 is 27.3 Å². The SMILES string of the molecule is O=C(NCCCS(=O)(=O)N1CCN(c2ccccc2)CC1)c1ccccc1[N+](=O)[O-]. The third-order valence-corrected chi connectivity index (χ3v) is 6.92. The van der Waals surface area contributed by atoms with Crippen LogP contribution in [0.2, 0.25) is 0 Å². The van der Waals surface area contributed by atoms with Crippen LogP contribution in [0.3, 0.4) is 0 Å². The zero-order valence-corrected chi connectivity index (χ0v) is 17.3. The fourth-order valence-corrected chi connectivity index (χ4v) is 4.86. The van der Waals surface area contributed by atoms with Crippen molar-refractivity contribution in [1.82, 2.24) is 9.62 Å². The molecule has 0 spiro atoms. The van der Waals surface area contributed by atoms with Crippen molar-refractivity contribution in [2.75, 3.05) is 43.4 Å². The Kier molecular flexibility index (Phi) is 7.01. The number of nitro benzene ring substituents is 1. The van der Waals surface area contributed by atoms with E-state index < -0.39 is 20.9 Å². The van der Waals surface area contributed by atoms with Gasteiger partial charge in [0.1, 0.15) is 5.56 Å². The van der Waals surface area contributed by atoms with Gasteiger partial charge in [0.25, 0.3) is 11.6 Å². The van der Waals surface area contributed by atoms with Crippen LogP contribution in [-0.2, 0) is 10.0 Å². The number of nitrogens with zero attached hydrogens (tertiary/aromatic N) is 3. The van der Waals surface area contributed by atoms with Gasteiger partial charge in [-0.2, -0.15) is 4.31 Å². The molecule has 9 nitrogen and oxygen atoms in total. The number of carbonyl (C=O) groups excluding carboxylic acids is 1. The summed E-state index contributed by atoms with van der Waals surface area (Å²) in [5.41, 5.74) is 0.758. The Morgan fingerprint density at radius 1 is 1.00 bits per heavy atom. The maximum Gasteiger partial charge on any atom is 0.282 e. The van der Waals surface area contributed by atoms with Crippen LogP contribution < -0.4 is 10.2 Å². The molecule has 1 amide bonds. The molecule has 0 aromatic heterocycles. The molecule has 1 aliphatic rings. The zero-order chi connectivity index (χ0) is 21.6. The topological polar surface area (TPSA) is 113 Å². The summed E-state index contributed by atoms with van der Waals surface area (Å²) in [5, 5.41) is 13.6. The summed E-state index contributed by atoms with van der Waals surface area (Å²) < 4.78 is 26.7. The van der Waals surface area contributed by atoms with E-state index in [2.05, 4.69) is 10.2 Å². The number of nitrogens with one attached hydrogen (secondary N) is 1. The number of hydrogen-bond acceptors (Lipinski definition) is 6. The molecule has 160 valence electrons. The van der Waals surface area contributed by atoms with Gasteiger partial charge in [0.15, 0.2) is 0 Å². The first-order chi connectivity index (χ1) is 14.4. The van der Waals surface area contributed by atoms with Gasteiger partial charge in [0.05, 0.1) is 10.7 Å². The van der Waals surface area contributed by atoms with Crippen LogP contribution in [0, 0.1) is 10.1 Å². The summed E-state index contributed by atoms with van der Waals surface area (Å²) >= 11 is 0. The van der Waals surface area contributed by atoms with Crippen LogP contribution in [-0.4, -0.2) is 62.0 Å². The highest BCUT2D eigenvalue weighted by Gasteiger charge is 2.26. The van der Waals surface area contributed by atoms with Crippen molar-refractivity contribution in [2.24, 2.45) is 0 Å². The predicted octanol–water partition coefficient (Wildman–Crippen LogP) is 1.87. The highest BCUT2D eigenvalue weighted by molar-refractivity contribution is 7.89. The van der Waals surface area contributed by atoms with Gasteiger partial charge in [0.2, 0.25) is 10.0 Å². The van der Waals surface area contributed by atoms with Crippen molar-refractivity contribution in [3.8, 4) is 0 Å². The second-order valence-electron chi connectivity index (χ2n) is 6.92. The summed E-state index contributed by atoms with van der Waals surface area (Å²) in [4.78, 5) is 24.7. The highest BCUT2D eigenvalue weighted by atomic mass is 32.2. The molecule has 2 aromatic carbocycles. The summed E-state index contributed by atoms with van der Waals surface area (Å²) in [6, 6.07) is 15.5. The van der Waals surface area contributed by atoms with E-state index >= 15 is 0 Å². The van der Waals surface area contributed by atoms with Gasteiger partial charge in [-0.1, -0.05) is 30.3 Å². The lowest BCUT2D eigenvalue weighted by Crippen LogP contribution is -2.49. The molecule has 0 atom stereocenters. The van der Waals surface area contributed by atoms with Crippen molar-refractivity contribution in [1.29, 1.82) is 0 Å². The number of carbonyl (C=O) groups is 1. The quantitative estimate of drug-likeness (QED) is 0.387. The van der Waals surface area contributed by atoms with E-state index in [0.29, 0.717) is 26.2 Å². The maximum absolute atomic E-state index is 12.6. The first-order valence-electron chi connectivity index (χ1n) is 9.68. The predicted molar refractivity (Wildman–Crippen MR) is 114 cm³/mol. The number of sulfonamides is 1. The molecule has 1 heterocycles. The third-order valence-electron chi connectivity index (χ3n) is 4.96.